The summed E-state index contributed by atoms with van der Waals surface area (Å²) in [7, 11) is 0. The SMILES string of the molecule is CCc1ccccc1NC(=O)CN1CCN(C(=O)/C=C/c2ccccc2)CC1. The molecule has 0 atom stereocenters. The monoisotopic (exact) mass is 377 g/mol. The number of nitrogens with one attached hydrogen (secondary N) is 1. The number of aryl methyl sites for hydroxylation is 1. The van der Waals surface area contributed by atoms with Gasteiger partial charge in [0.25, 0.3) is 0 Å². The predicted molar refractivity (Wildman–Crippen MR) is 113 cm³/mol. The van der Waals surface area contributed by atoms with E-state index in [0.29, 0.717) is 32.7 Å². The molecule has 5 nitrogen and oxygen atoms in total. The second kappa shape index (κ2) is 9.85. The number of carbonyl (C=O) groups is 2. The number of anilines is 1. The van der Waals surface area contributed by atoms with Crippen molar-refractivity contribution in [2.24, 2.45) is 0 Å². The Morgan fingerprint density at radius 2 is 1.64 bits per heavy atom. The molecule has 2 amide bonds. The molecule has 1 fully saturated rings. The highest BCUT2D eigenvalue weighted by Gasteiger charge is 2.21. The number of benzene rings is 2. The van der Waals surface area contributed by atoms with Crippen LogP contribution in [0.3, 0.4) is 0 Å². The van der Waals surface area contributed by atoms with Crippen LogP contribution in [0.2, 0.25) is 0 Å². The van der Waals surface area contributed by atoms with Crippen molar-refractivity contribution in [2.75, 3.05) is 38.0 Å². The zero-order valence-electron chi connectivity index (χ0n) is 16.3. The van der Waals surface area contributed by atoms with E-state index in [2.05, 4.69) is 17.1 Å². The van der Waals surface area contributed by atoms with Gasteiger partial charge in [0.15, 0.2) is 0 Å². The molecule has 0 aliphatic carbocycles. The van der Waals surface area contributed by atoms with Crippen molar-refractivity contribution in [1.82, 2.24) is 9.80 Å². The molecule has 0 aromatic heterocycles. The fourth-order valence-corrected chi connectivity index (χ4v) is 3.31. The van der Waals surface area contributed by atoms with E-state index in [-0.39, 0.29) is 11.8 Å². The number of nitrogens with zero attached hydrogens (tertiary/aromatic N) is 2. The summed E-state index contributed by atoms with van der Waals surface area (Å²) in [6.07, 6.45) is 4.35. The van der Waals surface area contributed by atoms with Crippen LogP contribution in [0.15, 0.2) is 60.7 Å². The Labute approximate surface area is 166 Å². The standard InChI is InChI=1S/C23H27N3O2/c1-2-20-10-6-7-11-21(20)24-22(27)18-25-14-16-26(17-15-25)23(28)13-12-19-8-4-3-5-9-19/h3-13H,2,14-18H2,1H3,(H,24,27)/b13-12+. The van der Waals surface area contributed by atoms with Crippen molar-refractivity contribution in [3.63, 3.8) is 0 Å². The van der Waals surface area contributed by atoms with Crippen molar-refractivity contribution in [3.8, 4) is 0 Å². The summed E-state index contributed by atoms with van der Waals surface area (Å²) >= 11 is 0. The summed E-state index contributed by atoms with van der Waals surface area (Å²) in [5, 5.41) is 3.01. The number of carbonyl (C=O) groups excluding carboxylic acids is 2. The summed E-state index contributed by atoms with van der Waals surface area (Å²) in [6.45, 7) is 5.10. The van der Waals surface area contributed by atoms with Crippen LogP contribution >= 0.6 is 0 Å². The van der Waals surface area contributed by atoms with E-state index in [1.807, 2.05) is 65.6 Å². The molecule has 0 unspecified atom stereocenters. The first-order valence-corrected chi connectivity index (χ1v) is 9.78. The molecule has 1 N–H and O–H groups in total. The van der Waals surface area contributed by atoms with Gasteiger partial charge in [0.05, 0.1) is 6.54 Å². The van der Waals surface area contributed by atoms with Gasteiger partial charge >= 0.3 is 0 Å². The van der Waals surface area contributed by atoms with Gasteiger partial charge in [-0.3, -0.25) is 14.5 Å². The quantitative estimate of drug-likeness (QED) is 0.788. The molecule has 3 rings (SSSR count). The third kappa shape index (κ3) is 5.54. The highest BCUT2D eigenvalue weighted by Crippen LogP contribution is 2.15. The summed E-state index contributed by atoms with van der Waals surface area (Å²) < 4.78 is 0. The summed E-state index contributed by atoms with van der Waals surface area (Å²) in [4.78, 5) is 28.7. The maximum Gasteiger partial charge on any atom is 0.246 e. The van der Waals surface area contributed by atoms with Gasteiger partial charge in [-0.2, -0.15) is 0 Å². The van der Waals surface area contributed by atoms with Gasteiger partial charge in [-0.25, -0.2) is 0 Å². The van der Waals surface area contributed by atoms with Crippen molar-refractivity contribution in [3.05, 3.63) is 71.8 Å². The molecule has 0 saturated carbocycles. The van der Waals surface area contributed by atoms with Gasteiger partial charge < -0.3 is 10.2 Å². The van der Waals surface area contributed by atoms with E-state index in [4.69, 9.17) is 0 Å². The van der Waals surface area contributed by atoms with Crippen molar-refractivity contribution in [2.45, 2.75) is 13.3 Å². The highest BCUT2D eigenvalue weighted by atomic mass is 16.2. The number of hydrogen-bond donors (Lipinski definition) is 1. The summed E-state index contributed by atoms with van der Waals surface area (Å²) in [5.74, 6) is 0.00878. The Bertz CT molecular complexity index is 825. The molecule has 1 aliphatic heterocycles. The molecule has 5 heteroatoms. The Morgan fingerprint density at radius 3 is 2.36 bits per heavy atom. The van der Waals surface area contributed by atoms with Crippen LogP contribution in [-0.2, 0) is 16.0 Å². The van der Waals surface area contributed by atoms with Crippen LogP contribution in [-0.4, -0.2) is 54.3 Å². The lowest BCUT2D eigenvalue weighted by molar-refractivity contribution is -0.127. The lowest BCUT2D eigenvalue weighted by Crippen LogP contribution is -2.50. The molecular formula is C23H27N3O2. The van der Waals surface area contributed by atoms with E-state index in [1.165, 1.54) is 0 Å². The molecule has 1 aliphatic rings. The molecule has 1 heterocycles. The summed E-state index contributed by atoms with van der Waals surface area (Å²) in [5.41, 5.74) is 3.03. The number of para-hydroxylation sites is 1. The second-order valence-electron chi connectivity index (χ2n) is 6.90. The Kier molecular flexibility index (Phi) is 6.98. The van der Waals surface area contributed by atoms with Crippen LogP contribution in [0.5, 0.6) is 0 Å². The van der Waals surface area contributed by atoms with Gasteiger partial charge in [-0.15, -0.1) is 0 Å². The van der Waals surface area contributed by atoms with Crippen LogP contribution in [0, 0.1) is 0 Å². The minimum Gasteiger partial charge on any atom is -0.337 e. The molecule has 1 saturated heterocycles. The van der Waals surface area contributed by atoms with Gasteiger partial charge in [0.1, 0.15) is 0 Å². The first-order valence-electron chi connectivity index (χ1n) is 9.78. The van der Waals surface area contributed by atoms with E-state index in [1.54, 1.807) is 6.08 Å². The molecule has 2 aromatic rings. The molecule has 28 heavy (non-hydrogen) atoms. The predicted octanol–water partition coefficient (Wildman–Crippen LogP) is 3.05. The number of amides is 2. The lowest BCUT2D eigenvalue weighted by Gasteiger charge is -2.33. The molecule has 146 valence electrons. The number of rotatable bonds is 6. The van der Waals surface area contributed by atoms with Gasteiger partial charge in [-0.05, 0) is 29.7 Å². The first-order chi connectivity index (χ1) is 13.7. The minimum absolute atomic E-state index is 0.00958. The van der Waals surface area contributed by atoms with E-state index < -0.39 is 0 Å². The highest BCUT2D eigenvalue weighted by molar-refractivity contribution is 5.93. The van der Waals surface area contributed by atoms with Crippen molar-refractivity contribution >= 4 is 23.6 Å². The Morgan fingerprint density at radius 1 is 0.964 bits per heavy atom. The zero-order valence-corrected chi connectivity index (χ0v) is 16.3. The maximum absolute atomic E-state index is 12.4. The maximum atomic E-state index is 12.4. The third-order valence-corrected chi connectivity index (χ3v) is 4.94. The van der Waals surface area contributed by atoms with E-state index in [0.717, 1.165) is 23.2 Å². The Balaban J connectivity index is 1.45. The van der Waals surface area contributed by atoms with Gasteiger partial charge in [0, 0.05) is 37.9 Å². The number of piperazine rings is 1. The fourth-order valence-electron chi connectivity index (χ4n) is 3.31. The van der Waals surface area contributed by atoms with Crippen LogP contribution in [0.25, 0.3) is 6.08 Å². The van der Waals surface area contributed by atoms with Gasteiger partial charge in [-0.1, -0.05) is 55.5 Å². The molecular weight excluding hydrogens is 350 g/mol. The van der Waals surface area contributed by atoms with Crippen molar-refractivity contribution in [1.29, 1.82) is 0 Å². The lowest BCUT2D eigenvalue weighted by atomic mass is 10.1. The number of hydrogen-bond acceptors (Lipinski definition) is 3. The van der Waals surface area contributed by atoms with Crippen LogP contribution in [0.1, 0.15) is 18.1 Å². The van der Waals surface area contributed by atoms with E-state index in [9.17, 15) is 9.59 Å². The summed E-state index contributed by atoms with van der Waals surface area (Å²) in [6, 6.07) is 17.7. The zero-order chi connectivity index (χ0) is 19.8. The van der Waals surface area contributed by atoms with Crippen LogP contribution in [0.4, 0.5) is 5.69 Å². The normalized spacial score (nSPS) is 15.0. The van der Waals surface area contributed by atoms with E-state index >= 15 is 0 Å². The minimum atomic E-state index is -0.00958. The third-order valence-electron chi connectivity index (χ3n) is 4.94. The topological polar surface area (TPSA) is 52.7 Å². The smallest absolute Gasteiger partial charge is 0.246 e. The average molecular weight is 377 g/mol. The molecule has 0 radical (unpaired) electrons. The molecule has 0 bridgehead atoms. The largest absolute Gasteiger partial charge is 0.337 e. The first kappa shape index (κ1) is 19.8. The van der Waals surface area contributed by atoms with Gasteiger partial charge in [0.2, 0.25) is 11.8 Å². The van der Waals surface area contributed by atoms with Crippen molar-refractivity contribution < 1.29 is 9.59 Å². The molecule has 2 aromatic carbocycles. The second-order valence-corrected chi connectivity index (χ2v) is 6.90. The Hall–Kier alpha value is -2.92. The van der Waals surface area contributed by atoms with Crippen LogP contribution < -0.4 is 5.32 Å². The average Bonchev–Trinajstić information content (AvgIpc) is 2.73. The fraction of sp³-hybridized carbons (Fsp3) is 0.304. The molecule has 0 spiro atoms.